The van der Waals surface area contributed by atoms with E-state index in [9.17, 15) is 4.79 Å². The maximum atomic E-state index is 11.0. The highest BCUT2D eigenvalue weighted by Crippen LogP contribution is 2.17. The van der Waals surface area contributed by atoms with Crippen LogP contribution in [0.2, 0.25) is 0 Å². The van der Waals surface area contributed by atoms with E-state index in [0.717, 1.165) is 45.6 Å². The molecule has 0 radical (unpaired) electrons. The number of nitrogens with one attached hydrogen (secondary N) is 1. The van der Waals surface area contributed by atoms with Crippen molar-refractivity contribution >= 4 is 6.41 Å². The molecule has 0 aromatic carbocycles. The second-order valence-electron chi connectivity index (χ2n) is 5.17. The lowest BCUT2D eigenvalue weighted by Crippen LogP contribution is -2.63. The van der Waals surface area contributed by atoms with E-state index in [1.807, 2.05) is 4.90 Å². The molecule has 2 aliphatic heterocycles. The van der Waals surface area contributed by atoms with Crippen molar-refractivity contribution in [2.45, 2.75) is 24.5 Å². The average molecular weight is 256 g/mol. The molecular weight excluding hydrogens is 232 g/mol. The van der Waals surface area contributed by atoms with Gasteiger partial charge in [-0.25, -0.2) is 0 Å². The van der Waals surface area contributed by atoms with Gasteiger partial charge in [0.25, 0.3) is 0 Å². The first-order valence-electron chi connectivity index (χ1n) is 6.66. The van der Waals surface area contributed by atoms with E-state index in [2.05, 4.69) is 10.2 Å². The lowest BCUT2D eigenvalue weighted by molar-refractivity contribution is -0.125. The summed E-state index contributed by atoms with van der Waals surface area (Å²) in [5.74, 6) is 0. The molecule has 0 bridgehead atoms. The van der Waals surface area contributed by atoms with Gasteiger partial charge in [0.1, 0.15) is 0 Å². The van der Waals surface area contributed by atoms with E-state index in [-0.39, 0.29) is 12.1 Å². The van der Waals surface area contributed by atoms with Gasteiger partial charge in [0.2, 0.25) is 6.41 Å². The van der Waals surface area contributed by atoms with Crippen molar-refractivity contribution in [3.63, 3.8) is 0 Å². The van der Waals surface area contributed by atoms with Gasteiger partial charge in [-0.05, 0) is 13.0 Å². The molecule has 0 saturated carbocycles. The van der Waals surface area contributed by atoms with Crippen LogP contribution in [0.15, 0.2) is 0 Å². The van der Waals surface area contributed by atoms with Crippen LogP contribution in [0, 0.1) is 0 Å². The second-order valence-corrected chi connectivity index (χ2v) is 5.17. The number of hydrogen-bond donors (Lipinski definition) is 2. The Kier molecular flexibility index (Phi) is 4.94. The van der Waals surface area contributed by atoms with Gasteiger partial charge < -0.3 is 20.7 Å². The molecular formula is C12H24N4O2. The third-order valence-electron chi connectivity index (χ3n) is 4.01. The summed E-state index contributed by atoms with van der Waals surface area (Å²) in [4.78, 5) is 15.3. The molecule has 2 saturated heterocycles. The van der Waals surface area contributed by atoms with Crippen LogP contribution in [0.4, 0.5) is 0 Å². The number of ether oxygens (including phenoxy) is 1. The Hall–Kier alpha value is -0.690. The summed E-state index contributed by atoms with van der Waals surface area (Å²) in [7, 11) is 1.68. The van der Waals surface area contributed by atoms with Crippen molar-refractivity contribution in [3.8, 4) is 0 Å². The third-order valence-corrected chi connectivity index (χ3v) is 4.01. The summed E-state index contributed by atoms with van der Waals surface area (Å²) >= 11 is 0. The number of hydrogen-bond acceptors (Lipinski definition) is 5. The van der Waals surface area contributed by atoms with Gasteiger partial charge in [0, 0.05) is 45.4 Å². The van der Waals surface area contributed by atoms with E-state index >= 15 is 0 Å². The Morgan fingerprint density at radius 2 is 2.33 bits per heavy atom. The van der Waals surface area contributed by atoms with Gasteiger partial charge in [0.05, 0.1) is 12.6 Å². The maximum Gasteiger partial charge on any atom is 0.210 e. The summed E-state index contributed by atoms with van der Waals surface area (Å²) in [6.07, 6.45) is 2.02. The summed E-state index contributed by atoms with van der Waals surface area (Å²) in [6, 6.07) is 0.771. The monoisotopic (exact) mass is 256 g/mol. The number of nitrogens with two attached hydrogens (primary N) is 1. The lowest BCUT2D eigenvalue weighted by Gasteiger charge is -2.45. The van der Waals surface area contributed by atoms with Crippen LogP contribution in [-0.4, -0.2) is 80.8 Å². The lowest BCUT2D eigenvalue weighted by atomic mass is 9.98. The minimum absolute atomic E-state index is 0.156. The first kappa shape index (κ1) is 13.7. The van der Waals surface area contributed by atoms with Crippen molar-refractivity contribution in [1.82, 2.24) is 15.1 Å². The Labute approximate surface area is 108 Å². The number of piperidine rings is 1. The van der Waals surface area contributed by atoms with Gasteiger partial charge in [-0.15, -0.1) is 0 Å². The largest absolute Gasteiger partial charge is 0.382 e. The molecule has 2 fully saturated rings. The highest BCUT2D eigenvalue weighted by atomic mass is 16.5. The highest BCUT2D eigenvalue weighted by molar-refractivity contribution is 5.48. The van der Waals surface area contributed by atoms with Crippen molar-refractivity contribution < 1.29 is 9.53 Å². The van der Waals surface area contributed by atoms with Gasteiger partial charge in [-0.1, -0.05) is 0 Å². The predicted octanol–water partition coefficient (Wildman–Crippen LogP) is -1.54. The first-order valence-corrected chi connectivity index (χ1v) is 6.66. The SMILES string of the molecule is COCC1CN(C2CCNCC2N)CCN1C=O. The van der Waals surface area contributed by atoms with Crippen molar-refractivity contribution in [1.29, 1.82) is 0 Å². The van der Waals surface area contributed by atoms with E-state index in [1.54, 1.807) is 7.11 Å². The molecule has 0 aliphatic carbocycles. The molecule has 18 heavy (non-hydrogen) atoms. The number of methoxy groups -OCH3 is 1. The van der Waals surface area contributed by atoms with Crippen LogP contribution in [-0.2, 0) is 9.53 Å². The average Bonchev–Trinajstić information content (AvgIpc) is 2.40. The second kappa shape index (κ2) is 6.47. The summed E-state index contributed by atoms with van der Waals surface area (Å²) < 4.78 is 5.21. The molecule has 6 nitrogen and oxygen atoms in total. The van der Waals surface area contributed by atoms with Crippen LogP contribution in [0.5, 0.6) is 0 Å². The van der Waals surface area contributed by atoms with Crippen molar-refractivity contribution in [2.75, 3.05) is 46.4 Å². The normalized spacial score (nSPS) is 34.6. The number of amides is 1. The molecule has 0 aromatic rings. The van der Waals surface area contributed by atoms with E-state index in [0.29, 0.717) is 12.6 Å². The number of carbonyl (C=O) groups excluding carboxylic acids is 1. The zero-order valence-electron chi connectivity index (χ0n) is 11.0. The molecule has 3 unspecified atom stereocenters. The molecule has 2 aliphatic rings. The molecule has 104 valence electrons. The Balaban J connectivity index is 1.95. The van der Waals surface area contributed by atoms with E-state index in [1.165, 1.54) is 0 Å². The predicted molar refractivity (Wildman–Crippen MR) is 69.3 cm³/mol. The Bertz CT molecular complexity index is 277. The fraction of sp³-hybridized carbons (Fsp3) is 0.917. The molecule has 6 heteroatoms. The van der Waals surface area contributed by atoms with E-state index < -0.39 is 0 Å². The molecule has 3 atom stereocenters. The van der Waals surface area contributed by atoms with Crippen LogP contribution < -0.4 is 11.1 Å². The molecule has 0 aromatic heterocycles. The smallest absolute Gasteiger partial charge is 0.210 e. The Morgan fingerprint density at radius 3 is 3.00 bits per heavy atom. The number of rotatable bonds is 4. The zero-order chi connectivity index (χ0) is 13.0. The minimum Gasteiger partial charge on any atom is -0.382 e. The van der Waals surface area contributed by atoms with Gasteiger partial charge >= 0.3 is 0 Å². The topological polar surface area (TPSA) is 70.8 Å². The van der Waals surface area contributed by atoms with Crippen LogP contribution in [0.1, 0.15) is 6.42 Å². The van der Waals surface area contributed by atoms with Gasteiger partial charge in [-0.2, -0.15) is 0 Å². The van der Waals surface area contributed by atoms with Crippen LogP contribution in [0.25, 0.3) is 0 Å². The molecule has 2 rings (SSSR count). The number of piperazine rings is 1. The van der Waals surface area contributed by atoms with Gasteiger partial charge in [-0.3, -0.25) is 9.69 Å². The van der Waals surface area contributed by atoms with Crippen LogP contribution >= 0.6 is 0 Å². The first-order chi connectivity index (χ1) is 8.76. The molecule has 3 N–H and O–H groups in total. The van der Waals surface area contributed by atoms with Crippen molar-refractivity contribution in [2.24, 2.45) is 5.73 Å². The zero-order valence-corrected chi connectivity index (χ0v) is 11.0. The number of carbonyl (C=O) groups is 1. The quantitative estimate of drug-likeness (QED) is 0.597. The molecule has 2 heterocycles. The standard InChI is InChI=1S/C12H24N4O2/c1-18-8-10-7-15(4-5-16(10)9-17)12-2-3-14-6-11(12)13/h9-12,14H,2-8,13H2,1H3. The van der Waals surface area contributed by atoms with E-state index in [4.69, 9.17) is 10.5 Å². The number of nitrogens with zero attached hydrogens (tertiary/aromatic N) is 2. The molecule has 0 spiro atoms. The fourth-order valence-electron chi connectivity index (χ4n) is 3.00. The maximum absolute atomic E-state index is 11.0. The summed E-state index contributed by atoms with van der Waals surface area (Å²) in [6.45, 7) is 5.06. The van der Waals surface area contributed by atoms with Crippen LogP contribution in [0.3, 0.4) is 0 Å². The highest BCUT2D eigenvalue weighted by Gasteiger charge is 2.33. The molecule has 1 amide bonds. The Morgan fingerprint density at radius 1 is 1.50 bits per heavy atom. The minimum atomic E-state index is 0.156. The third kappa shape index (κ3) is 3.00. The summed E-state index contributed by atoms with van der Waals surface area (Å²) in [5.41, 5.74) is 6.18. The summed E-state index contributed by atoms with van der Waals surface area (Å²) in [5, 5.41) is 3.32. The fourth-order valence-corrected chi connectivity index (χ4v) is 3.00. The van der Waals surface area contributed by atoms with Gasteiger partial charge in [0.15, 0.2) is 0 Å². The van der Waals surface area contributed by atoms with Crippen molar-refractivity contribution in [3.05, 3.63) is 0 Å².